The van der Waals surface area contributed by atoms with E-state index in [4.69, 9.17) is 4.52 Å². The second-order valence-electron chi connectivity index (χ2n) is 5.23. The Balaban J connectivity index is 1.70. The van der Waals surface area contributed by atoms with E-state index in [0.717, 1.165) is 23.8 Å². The maximum atomic E-state index is 5.39. The van der Waals surface area contributed by atoms with E-state index in [0.29, 0.717) is 5.82 Å². The van der Waals surface area contributed by atoms with Crippen LogP contribution < -0.4 is 0 Å². The third kappa shape index (κ3) is 3.35. The van der Waals surface area contributed by atoms with E-state index in [1.807, 2.05) is 12.1 Å². The Bertz CT molecular complexity index is 529. The molecule has 0 spiro atoms. The minimum atomic E-state index is 0.710. The van der Waals surface area contributed by atoms with Gasteiger partial charge in [0, 0.05) is 15.6 Å². The molecule has 1 saturated carbocycles. The lowest BCUT2D eigenvalue weighted by molar-refractivity contribution is 0.305. The van der Waals surface area contributed by atoms with E-state index in [-0.39, 0.29) is 0 Å². The Morgan fingerprint density at radius 3 is 2.58 bits per heavy atom. The fourth-order valence-electron chi connectivity index (χ4n) is 2.69. The maximum absolute atomic E-state index is 5.39. The molecule has 1 aromatic heterocycles. The molecular formula is C15H17IN2O. The average molecular weight is 368 g/mol. The van der Waals surface area contributed by atoms with Crippen LogP contribution in [0.15, 0.2) is 28.8 Å². The zero-order valence-electron chi connectivity index (χ0n) is 10.8. The molecule has 0 N–H and O–H groups in total. The number of rotatable bonds is 3. The molecule has 1 aliphatic carbocycles. The molecule has 100 valence electrons. The molecule has 0 saturated heterocycles. The van der Waals surface area contributed by atoms with E-state index >= 15 is 0 Å². The number of benzene rings is 1. The normalized spacial score (nSPS) is 16.7. The number of aromatic nitrogens is 2. The van der Waals surface area contributed by atoms with Crippen LogP contribution in [0.2, 0.25) is 0 Å². The van der Waals surface area contributed by atoms with Crippen LogP contribution in [-0.4, -0.2) is 10.1 Å². The fraction of sp³-hybridized carbons (Fsp3) is 0.467. The standard InChI is InChI=1S/C15H17IN2O/c16-13-8-6-12(7-9-13)15-17-14(19-18-15)10-11-4-2-1-3-5-11/h6-9,11H,1-5,10H2. The van der Waals surface area contributed by atoms with Gasteiger partial charge in [0.05, 0.1) is 0 Å². The van der Waals surface area contributed by atoms with Gasteiger partial charge in [-0.3, -0.25) is 0 Å². The number of halogens is 1. The van der Waals surface area contributed by atoms with Crippen molar-refractivity contribution in [2.75, 3.05) is 0 Å². The Morgan fingerprint density at radius 2 is 1.84 bits per heavy atom. The Hall–Kier alpha value is -0.910. The van der Waals surface area contributed by atoms with Gasteiger partial charge in [-0.1, -0.05) is 36.6 Å². The summed E-state index contributed by atoms with van der Waals surface area (Å²) in [6, 6.07) is 8.20. The van der Waals surface area contributed by atoms with E-state index < -0.39 is 0 Å². The van der Waals surface area contributed by atoms with Crippen LogP contribution in [0.25, 0.3) is 11.4 Å². The first-order valence-corrected chi connectivity index (χ1v) is 7.97. The van der Waals surface area contributed by atoms with Crippen LogP contribution in [-0.2, 0) is 6.42 Å². The smallest absolute Gasteiger partial charge is 0.227 e. The van der Waals surface area contributed by atoms with Gasteiger partial charge in [0.2, 0.25) is 11.7 Å². The summed E-state index contributed by atoms with van der Waals surface area (Å²) in [6.07, 6.45) is 7.64. The number of hydrogen-bond acceptors (Lipinski definition) is 3. The highest BCUT2D eigenvalue weighted by Crippen LogP contribution is 2.27. The van der Waals surface area contributed by atoms with Gasteiger partial charge < -0.3 is 4.52 Å². The highest BCUT2D eigenvalue weighted by Gasteiger charge is 2.17. The molecule has 3 nitrogen and oxygen atoms in total. The molecular weight excluding hydrogens is 351 g/mol. The monoisotopic (exact) mass is 368 g/mol. The van der Waals surface area contributed by atoms with Gasteiger partial charge in [-0.15, -0.1) is 0 Å². The van der Waals surface area contributed by atoms with E-state index in [1.54, 1.807) is 0 Å². The predicted octanol–water partition coefficient (Wildman–Crippen LogP) is 4.46. The molecule has 0 aliphatic heterocycles. The number of hydrogen-bond donors (Lipinski definition) is 0. The van der Waals surface area contributed by atoms with Gasteiger partial charge in [0.25, 0.3) is 0 Å². The van der Waals surface area contributed by atoms with E-state index in [2.05, 4.69) is 44.9 Å². The third-order valence-corrected chi connectivity index (χ3v) is 4.48. The lowest BCUT2D eigenvalue weighted by Gasteiger charge is -2.19. The van der Waals surface area contributed by atoms with Crippen LogP contribution in [0.5, 0.6) is 0 Å². The highest BCUT2D eigenvalue weighted by molar-refractivity contribution is 14.1. The van der Waals surface area contributed by atoms with Crippen LogP contribution in [0.4, 0.5) is 0 Å². The van der Waals surface area contributed by atoms with Crippen molar-refractivity contribution in [3.8, 4) is 11.4 Å². The van der Waals surface area contributed by atoms with Crippen LogP contribution in [0, 0.1) is 9.49 Å². The molecule has 1 aliphatic rings. The topological polar surface area (TPSA) is 38.9 Å². The summed E-state index contributed by atoms with van der Waals surface area (Å²) >= 11 is 2.29. The quantitative estimate of drug-likeness (QED) is 0.751. The SMILES string of the molecule is Ic1ccc(-c2noc(CC3CCCCC3)n2)cc1. The molecule has 2 aromatic rings. The molecule has 0 bridgehead atoms. The van der Waals surface area contributed by atoms with Crippen molar-refractivity contribution in [2.45, 2.75) is 38.5 Å². The van der Waals surface area contributed by atoms with Crippen molar-refractivity contribution < 1.29 is 4.52 Å². The molecule has 19 heavy (non-hydrogen) atoms. The Labute approximate surface area is 126 Å². The van der Waals surface area contributed by atoms with Gasteiger partial charge in [0.15, 0.2) is 0 Å². The molecule has 0 unspecified atom stereocenters. The van der Waals surface area contributed by atoms with Crippen molar-refractivity contribution >= 4 is 22.6 Å². The summed E-state index contributed by atoms with van der Waals surface area (Å²) in [7, 11) is 0. The minimum absolute atomic E-state index is 0.710. The molecule has 1 aromatic carbocycles. The van der Waals surface area contributed by atoms with E-state index in [9.17, 15) is 0 Å². The van der Waals surface area contributed by atoms with E-state index in [1.165, 1.54) is 35.7 Å². The van der Waals surface area contributed by atoms with Gasteiger partial charge in [-0.25, -0.2) is 0 Å². The van der Waals surface area contributed by atoms with Gasteiger partial charge >= 0.3 is 0 Å². The van der Waals surface area contributed by atoms with Crippen molar-refractivity contribution in [1.82, 2.24) is 10.1 Å². The second kappa shape index (κ2) is 6.03. The summed E-state index contributed by atoms with van der Waals surface area (Å²) in [5, 5.41) is 4.09. The molecule has 0 radical (unpaired) electrons. The summed E-state index contributed by atoms with van der Waals surface area (Å²) < 4.78 is 6.60. The molecule has 0 amide bonds. The summed E-state index contributed by atoms with van der Waals surface area (Å²) in [6.45, 7) is 0. The summed E-state index contributed by atoms with van der Waals surface area (Å²) in [5.74, 6) is 2.24. The lowest BCUT2D eigenvalue weighted by atomic mass is 9.87. The molecule has 3 rings (SSSR count). The van der Waals surface area contributed by atoms with Crippen molar-refractivity contribution in [2.24, 2.45) is 5.92 Å². The first-order valence-electron chi connectivity index (χ1n) is 6.90. The zero-order chi connectivity index (χ0) is 13.1. The molecule has 4 heteroatoms. The second-order valence-corrected chi connectivity index (χ2v) is 6.47. The van der Waals surface area contributed by atoms with Crippen molar-refractivity contribution in [3.05, 3.63) is 33.7 Å². The largest absolute Gasteiger partial charge is 0.339 e. The number of nitrogens with zero attached hydrogens (tertiary/aromatic N) is 2. The van der Waals surface area contributed by atoms with Crippen LogP contribution in [0.3, 0.4) is 0 Å². The zero-order valence-corrected chi connectivity index (χ0v) is 13.0. The van der Waals surface area contributed by atoms with Crippen molar-refractivity contribution in [3.63, 3.8) is 0 Å². The lowest BCUT2D eigenvalue weighted by Crippen LogP contribution is -2.09. The first kappa shape index (κ1) is 13.1. The third-order valence-electron chi connectivity index (χ3n) is 3.76. The fourth-order valence-corrected chi connectivity index (χ4v) is 3.05. The van der Waals surface area contributed by atoms with Crippen LogP contribution in [0.1, 0.15) is 38.0 Å². The van der Waals surface area contributed by atoms with Crippen molar-refractivity contribution in [1.29, 1.82) is 0 Å². The maximum Gasteiger partial charge on any atom is 0.227 e. The average Bonchev–Trinajstić information content (AvgIpc) is 2.89. The van der Waals surface area contributed by atoms with Gasteiger partial charge in [0.1, 0.15) is 0 Å². The van der Waals surface area contributed by atoms with Crippen LogP contribution >= 0.6 is 22.6 Å². The first-order chi connectivity index (χ1) is 9.31. The Kier molecular flexibility index (Phi) is 4.15. The predicted molar refractivity (Wildman–Crippen MR) is 82.7 cm³/mol. The molecule has 1 fully saturated rings. The minimum Gasteiger partial charge on any atom is -0.339 e. The molecule has 0 atom stereocenters. The van der Waals surface area contributed by atoms with Gasteiger partial charge in [-0.05, 0) is 53.5 Å². The Morgan fingerprint density at radius 1 is 1.11 bits per heavy atom. The highest BCUT2D eigenvalue weighted by atomic mass is 127. The summed E-state index contributed by atoms with van der Waals surface area (Å²) in [4.78, 5) is 4.52. The summed E-state index contributed by atoms with van der Waals surface area (Å²) in [5.41, 5.74) is 1.03. The van der Waals surface area contributed by atoms with Gasteiger partial charge in [-0.2, -0.15) is 4.98 Å². The molecule has 1 heterocycles.